The van der Waals surface area contributed by atoms with Gasteiger partial charge in [0.1, 0.15) is 0 Å². The van der Waals surface area contributed by atoms with Crippen LogP contribution < -0.4 is 5.32 Å². The normalized spacial score (nSPS) is 30.2. The van der Waals surface area contributed by atoms with Gasteiger partial charge in [0.2, 0.25) is 0 Å². The van der Waals surface area contributed by atoms with Gasteiger partial charge in [0, 0.05) is 18.8 Å². The maximum atomic E-state index is 4.09. The predicted octanol–water partition coefficient (Wildman–Crippen LogP) is 2.39. The Hall–Kier alpha value is -0.960. The van der Waals surface area contributed by atoms with E-state index in [-0.39, 0.29) is 0 Å². The summed E-state index contributed by atoms with van der Waals surface area (Å²) in [5.74, 6) is 1.64. The van der Waals surface area contributed by atoms with E-state index in [1.165, 1.54) is 19.3 Å². The van der Waals surface area contributed by atoms with Crippen LogP contribution in [0.2, 0.25) is 0 Å². The van der Waals surface area contributed by atoms with E-state index in [0.717, 1.165) is 24.1 Å². The standard InChI is InChI=1S/C13H21N3/c1-10-5-6-11(2)13(8-10)14-9-12-4-3-7-15-16-12/h3-4,7,10-11,13-14H,5-6,8-9H2,1-2H3. The van der Waals surface area contributed by atoms with E-state index in [2.05, 4.69) is 29.4 Å². The van der Waals surface area contributed by atoms with Crippen molar-refractivity contribution >= 4 is 0 Å². The number of nitrogens with zero attached hydrogens (tertiary/aromatic N) is 2. The van der Waals surface area contributed by atoms with Gasteiger partial charge in [-0.25, -0.2) is 0 Å². The highest BCUT2D eigenvalue weighted by molar-refractivity contribution is 4.99. The Kier molecular flexibility index (Phi) is 3.88. The molecule has 1 aliphatic carbocycles. The molecule has 3 unspecified atom stereocenters. The summed E-state index contributed by atoms with van der Waals surface area (Å²) in [6, 6.07) is 4.61. The first-order valence-electron chi connectivity index (χ1n) is 6.25. The number of nitrogens with one attached hydrogen (secondary N) is 1. The molecule has 1 fully saturated rings. The minimum Gasteiger partial charge on any atom is -0.308 e. The van der Waals surface area contributed by atoms with Gasteiger partial charge in [-0.05, 0) is 36.8 Å². The molecule has 3 nitrogen and oxygen atoms in total. The van der Waals surface area contributed by atoms with Gasteiger partial charge in [0.25, 0.3) is 0 Å². The van der Waals surface area contributed by atoms with Crippen molar-refractivity contribution in [2.24, 2.45) is 11.8 Å². The molecule has 3 atom stereocenters. The maximum absolute atomic E-state index is 4.09. The van der Waals surface area contributed by atoms with Crippen LogP contribution in [0.1, 0.15) is 38.8 Å². The molecule has 0 bridgehead atoms. The minimum absolute atomic E-state index is 0.644. The molecule has 1 aromatic rings. The third-order valence-corrected chi connectivity index (χ3v) is 3.63. The zero-order valence-corrected chi connectivity index (χ0v) is 10.2. The van der Waals surface area contributed by atoms with Crippen molar-refractivity contribution < 1.29 is 0 Å². The molecule has 0 saturated heterocycles. The molecule has 0 amide bonds. The lowest BCUT2D eigenvalue weighted by molar-refractivity contribution is 0.227. The van der Waals surface area contributed by atoms with Crippen LogP contribution in [-0.2, 0) is 6.54 Å². The maximum Gasteiger partial charge on any atom is 0.0769 e. The molecule has 1 saturated carbocycles. The zero-order chi connectivity index (χ0) is 11.4. The number of hydrogen-bond donors (Lipinski definition) is 1. The average molecular weight is 219 g/mol. The lowest BCUT2D eigenvalue weighted by Crippen LogP contribution is -2.39. The molecule has 0 radical (unpaired) electrons. The van der Waals surface area contributed by atoms with Crippen LogP contribution in [0.5, 0.6) is 0 Å². The van der Waals surface area contributed by atoms with E-state index >= 15 is 0 Å². The molecule has 1 aliphatic rings. The number of hydrogen-bond acceptors (Lipinski definition) is 3. The molecule has 1 heterocycles. The summed E-state index contributed by atoms with van der Waals surface area (Å²) in [6.45, 7) is 5.54. The Morgan fingerprint density at radius 3 is 3.00 bits per heavy atom. The molecule has 0 aliphatic heterocycles. The van der Waals surface area contributed by atoms with Crippen molar-refractivity contribution in [2.45, 2.75) is 45.7 Å². The molecule has 3 heteroatoms. The molecular weight excluding hydrogens is 198 g/mol. The second kappa shape index (κ2) is 5.39. The van der Waals surface area contributed by atoms with Gasteiger partial charge < -0.3 is 5.32 Å². The van der Waals surface area contributed by atoms with Crippen molar-refractivity contribution in [3.05, 3.63) is 24.0 Å². The van der Waals surface area contributed by atoms with Gasteiger partial charge in [-0.1, -0.05) is 20.3 Å². The minimum atomic E-state index is 0.644. The van der Waals surface area contributed by atoms with E-state index in [1.54, 1.807) is 6.20 Å². The van der Waals surface area contributed by atoms with Crippen LogP contribution in [0, 0.1) is 11.8 Å². The van der Waals surface area contributed by atoms with Crippen LogP contribution in [0.15, 0.2) is 18.3 Å². The van der Waals surface area contributed by atoms with Crippen LogP contribution >= 0.6 is 0 Å². The van der Waals surface area contributed by atoms with E-state index in [1.807, 2.05) is 12.1 Å². The first-order chi connectivity index (χ1) is 7.75. The summed E-state index contributed by atoms with van der Waals surface area (Å²) in [5, 5.41) is 11.6. The third kappa shape index (κ3) is 3.01. The van der Waals surface area contributed by atoms with E-state index in [4.69, 9.17) is 0 Å². The largest absolute Gasteiger partial charge is 0.308 e. The highest BCUT2D eigenvalue weighted by Crippen LogP contribution is 2.28. The van der Waals surface area contributed by atoms with Crippen molar-refractivity contribution in [3.63, 3.8) is 0 Å². The summed E-state index contributed by atoms with van der Waals surface area (Å²) in [5.41, 5.74) is 1.04. The van der Waals surface area contributed by atoms with Crippen molar-refractivity contribution in [1.82, 2.24) is 15.5 Å². The van der Waals surface area contributed by atoms with Crippen LogP contribution in [0.3, 0.4) is 0 Å². The molecule has 2 rings (SSSR count). The summed E-state index contributed by atoms with van der Waals surface area (Å²) >= 11 is 0. The monoisotopic (exact) mass is 219 g/mol. The molecule has 16 heavy (non-hydrogen) atoms. The fourth-order valence-electron chi connectivity index (χ4n) is 2.48. The predicted molar refractivity (Wildman–Crippen MR) is 64.8 cm³/mol. The smallest absolute Gasteiger partial charge is 0.0769 e. The van der Waals surface area contributed by atoms with Crippen molar-refractivity contribution in [3.8, 4) is 0 Å². The van der Waals surface area contributed by atoms with Crippen molar-refractivity contribution in [1.29, 1.82) is 0 Å². The second-order valence-electron chi connectivity index (χ2n) is 5.10. The lowest BCUT2D eigenvalue weighted by Gasteiger charge is -2.33. The summed E-state index contributed by atoms with van der Waals surface area (Å²) in [6.07, 6.45) is 5.74. The first-order valence-corrected chi connectivity index (χ1v) is 6.25. The topological polar surface area (TPSA) is 37.8 Å². The summed E-state index contributed by atoms with van der Waals surface area (Å²) in [7, 11) is 0. The van der Waals surface area contributed by atoms with E-state index in [0.29, 0.717) is 6.04 Å². The van der Waals surface area contributed by atoms with Crippen LogP contribution in [0.25, 0.3) is 0 Å². The Morgan fingerprint density at radius 1 is 1.38 bits per heavy atom. The molecule has 0 aromatic carbocycles. The van der Waals surface area contributed by atoms with Gasteiger partial charge in [0.15, 0.2) is 0 Å². The average Bonchev–Trinajstić information content (AvgIpc) is 2.32. The second-order valence-corrected chi connectivity index (χ2v) is 5.10. The van der Waals surface area contributed by atoms with Gasteiger partial charge in [0.05, 0.1) is 5.69 Å². The Morgan fingerprint density at radius 2 is 2.25 bits per heavy atom. The SMILES string of the molecule is CC1CCC(C)C(NCc2cccnn2)C1. The van der Waals surface area contributed by atoms with Gasteiger partial charge >= 0.3 is 0 Å². The summed E-state index contributed by atoms with van der Waals surface area (Å²) in [4.78, 5) is 0. The van der Waals surface area contributed by atoms with E-state index < -0.39 is 0 Å². The number of aromatic nitrogens is 2. The van der Waals surface area contributed by atoms with Crippen molar-refractivity contribution in [2.75, 3.05) is 0 Å². The fraction of sp³-hybridized carbons (Fsp3) is 0.692. The Bertz CT molecular complexity index is 312. The van der Waals surface area contributed by atoms with Crippen LogP contribution in [0.4, 0.5) is 0 Å². The lowest BCUT2D eigenvalue weighted by atomic mass is 9.80. The van der Waals surface area contributed by atoms with E-state index in [9.17, 15) is 0 Å². The third-order valence-electron chi connectivity index (χ3n) is 3.63. The highest BCUT2D eigenvalue weighted by Gasteiger charge is 2.24. The van der Waals surface area contributed by atoms with Crippen LogP contribution in [-0.4, -0.2) is 16.2 Å². The summed E-state index contributed by atoms with van der Waals surface area (Å²) < 4.78 is 0. The highest BCUT2D eigenvalue weighted by atomic mass is 15.1. The molecule has 88 valence electrons. The van der Waals surface area contributed by atoms with Gasteiger partial charge in [-0.3, -0.25) is 0 Å². The number of rotatable bonds is 3. The van der Waals surface area contributed by atoms with Gasteiger partial charge in [-0.15, -0.1) is 0 Å². The first kappa shape index (κ1) is 11.5. The molecule has 1 N–H and O–H groups in total. The Balaban J connectivity index is 1.85. The van der Waals surface area contributed by atoms with Gasteiger partial charge in [-0.2, -0.15) is 10.2 Å². The molecule has 0 spiro atoms. The molecule has 1 aromatic heterocycles. The fourth-order valence-corrected chi connectivity index (χ4v) is 2.48. The zero-order valence-electron chi connectivity index (χ0n) is 10.2. The molecular formula is C13H21N3. The Labute approximate surface area is 97.7 Å². The quantitative estimate of drug-likeness (QED) is 0.848.